The van der Waals surface area contributed by atoms with E-state index in [1.165, 1.54) is 29.2 Å². The van der Waals surface area contributed by atoms with Crippen LogP contribution in [-0.2, 0) is 14.8 Å². The lowest BCUT2D eigenvalue weighted by Crippen LogP contribution is -2.35. The molecule has 0 atom stereocenters. The van der Waals surface area contributed by atoms with Crippen molar-refractivity contribution in [1.82, 2.24) is 4.90 Å². The van der Waals surface area contributed by atoms with Crippen molar-refractivity contribution in [2.75, 3.05) is 24.1 Å². The van der Waals surface area contributed by atoms with Crippen molar-refractivity contribution in [1.29, 1.82) is 0 Å². The summed E-state index contributed by atoms with van der Waals surface area (Å²) in [6.45, 7) is 1.58. The largest absolute Gasteiger partial charge is 0.480 e. The molecule has 1 aromatic carbocycles. The zero-order valence-corrected chi connectivity index (χ0v) is 12.0. The van der Waals surface area contributed by atoms with E-state index < -0.39 is 21.9 Å². The molecule has 0 unspecified atom stereocenters. The summed E-state index contributed by atoms with van der Waals surface area (Å²) < 4.78 is 24.4. The van der Waals surface area contributed by atoms with E-state index in [0.717, 1.165) is 6.26 Å². The molecule has 0 fully saturated rings. The number of carboxylic acid groups (broad SMARTS) is 1. The second-order valence-corrected chi connectivity index (χ2v) is 5.91. The van der Waals surface area contributed by atoms with Gasteiger partial charge < -0.3 is 10.0 Å². The first kappa shape index (κ1) is 16.0. The van der Waals surface area contributed by atoms with E-state index >= 15 is 0 Å². The SMILES string of the molecule is CCN(CC(=O)O)C(=O)c1ccc(NS(C)(=O)=O)cc1. The fraction of sp³-hybridized carbons (Fsp3) is 0.333. The maximum absolute atomic E-state index is 12.0. The average Bonchev–Trinajstić information content (AvgIpc) is 2.34. The summed E-state index contributed by atoms with van der Waals surface area (Å²) in [5.74, 6) is -1.50. The molecular formula is C12H16N2O5S. The average molecular weight is 300 g/mol. The number of likely N-dealkylation sites (N-methyl/N-ethyl adjacent to an activating group) is 1. The molecule has 0 saturated carbocycles. The van der Waals surface area contributed by atoms with Gasteiger partial charge in [-0.15, -0.1) is 0 Å². The van der Waals surface area contributed by atoms with Crippen LogP contribution >= 0.6 is 0 Å². The number of carbonyl (C=O) groups is 2. The molecule has 0 aromatic heterocycles. The molecule has 0 aliphatic heterocycles. The Morgan fingerprint density at radius 2 is 1.80 bits per heavy atom. The highest BCUT2D eigenvalue weighted by molar-refractivity contribution is 7.92. The summed E-state index contributed by atoms with van der Waals surface area (Å²) in [6.07, 6.45) is 1.03. The van der Waals surface area contributed by atoms with Crippen LogP contribution < -0.4 is 4.72 Å². The number of nitrogens with one attached hydrogen (secondary N) is 1. The van der Waals surface area contributed by atoms with Crippen molar-refractivity contribution >= 4 is 27.6 Å². The zero-order valence-electron chi connectivity index (χ0n) is 11.2. The van der Waals surface area contributed by atoms with Crippen LogP contribution in [0.3, 0.4) is 0 Å². The fourth-order valence-corrected chi connectivity index (χ4v) is 2.13. The lowest BCUT2D eigenvalue weighted by Gasteiger charge is -2.18. The third kappa shape index (κ3) is 4.88. The Hall–Kier alpha value is -2.09. The molecule has 0 spiro atoms. The summed E-state index contributed by atoms with van der Waals surface area (Å²) in [5.41, 5.74) is 0.637. The van der Waals surface area contributed by atoms with Gasteiger partial charge in [0.1, 0.15) is 6.54 Å². The molecule has 0 heterocycles. The number of aliphatic carboxylic acids is 1. The number of carbonyl (C=O) groups excluding carboxylic acids is 1. The Bertz CT molecular complexity index is 595. The van der Waals surface area contributed by atoms with Gasteiger partial charge in [0.2, 0.25) is 10.0 Å². The van der Waals surface area contributed by atoms with E-state index in [2.05, 4.69) is 4.72 Å². The Kier molecular flexibility index (Phi) is 5.09. The minimum atomic E-state index is -3.37. The summed E-state index contributed by atoms with van der Waals surface area (Å²) in [5, 5.41) is 8.71. The number of carboxylic acids is 1. The highest BCUT2D eigenvalue weighted by atomic mass is 32.2. The maximum Gasteiger partial charge on any atom is 0.323 e. The van der Waals surface area contributed by atoms with Crippen molar-refractivity contribution < 1.29 is 23.1 Å². The van der Waals surface area contributed by atoms with Gasteiger partial charge in [0.05, 0.1) is 6.26 Å². The van der Waals surface area contributed by atoms with Gasteiger partial charge in [-0.25, -0.2) is 8.42 Å². The first-order chi connectivity index (χ1) is 9.23. The molecule has 0 radical (unpaired) electrons. The van der Waals surface area contributed by atoms with Crippen LogP contribution in [0, 0.1) is 0 Å². The van der Waals surface area contributed by atoms with E-state index in [4.69, 9.17) is 5.11 Å². The van der Waals surface area contributed by atoms with Gasteiger partial charge >= 0.3 is 5.97 Å². The maximum atomic E-state index is 12.0. The molecule has 0 aliphatic carbocycles. The van der Waals surface area contributed by atoms with Gasteiger partial charge in [-0.3, -0.25) is 14.3 Å². The topological polar surface area (TPSA) is 104 Å². The Balaban J connectivity index is 2.87. The number of hydrogen-bond acceptors (Lipinski definition) is 4. The van der Waals surface area contributed by atoms with Crippen LogP contribution in [-0.4, -0.2) is 49.6 Å². The number of hydrogen-bond donors (Lipinski definition) is 2. The lowest BCUT2D eigenvalue weighted by atomic mass is 10.2. The van der Waals surface area contributed by atoms with Crippen LogP contribution in [0.4, 0.5) is 5.69 Å². The molecule has 1 rings (SSSR count). The van der Waals surface area contributed by atoms with Crippen molar-refractivity contribution in [3.05, 3.63) is 29.8 Å². The van der Waals surface area contributed by atoms with Crippen molar-refractivity contribution in [2.24, 2.45) is 0 Å². The van der Waals surface area contributed by atoms with Gasteiger partial charge in [-0.2, -0.15) is 0 Å². The van der Waals surface area contributed by atoms with E-state index in [-0.39, 0.29) is 13.1 Å². The van der Waals surface area contributed by atoms with Crippen LogP contribution in [0.25, 0.3) is 0 Å². The monoisotopic (exact) mass is 300 g/mol. The molecule has 1 amide bonds. The molecule has 110 valence electrons. The Labute approximate surface area is 117 Å². The molecule has 0 aliphatic rings. The predicted molar refractivity (Wildman–Crippen MR) is 74.1 cm³/mol. The summed E-state index contributed by atoms with van der Waals surface area (Å²) in [6, 6.07) is 5.78. The number of sulfonamides is 1. The Morgan fingerprint density at radius 3 is 2.20 bits per heavy atom. The van der Waals surface area contributed by atoms with Crippen molar-refractivity contribution in [2.45, 2.75) is 6.92 Å². The molecule has 7 nitrogen and oxygen atoms in total. The van der Waals surface area contributed by atoms with Crippen molar-refractivity contribution in [3.8, 4) is 0 Å². The van der Waals surface area contributed by atoms with E-state index in [0.29, 0.717) is 11.3 Å². The molecule has 2 N–H and O–H groups in total. The van der Waals surface area contributed by atoms with Gasteiger partial charge in [0, 0.05) is 17.8 Å². The van der Waals surface area contributed by atoms with Crippen LogP contribution in [0.2, 0.25) is 0 Å². The zero-order chi connectivity index (χ0) is 15.3. The summed E-state index contributed by atoms with van der Waals surface area (Å²) >= 11 is 0. The predicted octanol–water partition coefficient (Wildman–Crippen LogP) is 0.605. The number of amides is 1. The van der Waals surface area contributed by atoms with Gasteiger partial charge in [-0.1, -0.05) is 0 Å². The molecule has 1 aromatic rings. The number of rotatable bonds is 6. The minimum absolute atomic E-state index is 0.272. The smallest absolute Gasteiger partial charge is 0.323 e. The highest BCUT2D eigenvalue weighted by Gasteiger charge is 2.16. The normalized spacial score (nSPS) is 10.9. The molecular weight excluding hydrogens is 284 g/mol. The van der Waals surface area contributed by atoms with E-state index in [9.17, 15) is 18.0 Å². The number of benzene rings is 1. The first-order valence-electron chi connectivity index (χ1n) is 5.82. The first-order valence-corrected chi connectivity index (χ1v) is 7.71. The summed E-state index contributed by atoms with van der Waals surface area (Å²) in [4.78, 5) is 23.9. The second kappa shape index (κ2) is 6.38. The molecule has 20 heavy (non-hydrogen) atoms. The summed E-state index contributed by atoms with van der Waals surface area (Å²) in [7, 11) is -3.37. The molecule has 8 heteroatoms. The van der Waals surface area contributed by atoms with E-state index in [1.54, 1.807) is 6.92 Å². The minimum Gasteiger partial charge on any atom is -0.480 e. The molecule has 0 saturated heterocycles. The van der Waals surface area contributed by atoms with Gasteiger partial charge in [0.15, 0.2) is 0 Å². The van der Waals surface area contributed by atoms with Crippen molar-refractivity contribution in [3.63, 3.8) is 0 Å². The third-order valence-electron chi connectivity index (χ3n) is 2.43. The molecule has 0 bridgehead atoms. The van der Waals surface area contributed by atoms with E-state index in [1.807, 2.05) is 0 Å². The third-order valence-corrected chi connectivity index (χ3v) is 3.04. The second-order valence-electron chi connectivity index (χ2n) is 4.16. The van der Waals surface area contributed by atoms with Crippen LogP contribution in [0.5, 0.6) is 0 Å². The number of nitrogens with zero attached hydrogens (tertiary/aromatic N) is 1. The highest BCUT2D eigenvalue weighted by Crippen LogP contribution is 2.12. The van der Waals surface area contributed by atoms with Gasteiger partial charge in [-0.05, 0) is 31.2 Å². The van der Waals surface area contributed by atoms with Crippen LogP contribution in [0.1, 0.15) is 17.3 Å². The Morgan fingerprint density at radius 1 is 1.25 bits per heavy atom. The fourth-order valence-electron chi connectivity index (χ4n) is 1.57. The lowest BCUT2D eigenvalue weighted by molar-refractivity contribution is -0.137. The number of anilines is 1. The standard InChI is InChI=1S/C12H16N2O5S/c1-3-14(8-11(15)16)12(17)9-4-6-10(7-5-9)13-20(2,18)19/h4-7,13H,3,8H2,1-2H3,(H,15,16). The van der Waals surface area contributed by atoms with Crippen LogP contribution in [0.15, 0.2) is 24.3 Å². The quantitative estimate of drug-likeness (QED) is 0.801. The van der Waals surface area contributed by atoms with Gasteiger partial charge in [0.25, 0.3) is 5.91 Å².